The van der Waals surface area contributed by atoms with Gasteiger partial charge in [-0.3, -0.25) is 0 Å². The Labute approximate surface area is 122 Å². The van der Waals surface area contributed by atoms with E-state index in [4.69, 9.17) is 5.73 Å². The molecule has 1 aliphatic rings. The molecule has 0 aromatic carbocycles. The summed E-state index contributed by atoms with van der Waals surface area (Å²) in [5, 5.41) is 3.61. The Morgan fingerprint density at radius 1 is 1.25 bits per heavy atom. The van der Waals surface area contributed by atoms with Gasteiger partial charge in [0.2, 0.25) is 0 Å². The zero-order valence-corrected chi connectivity index (χ0v) is 12.9. The quantitative estimate of drug-likeness (QED) is 0.830. The minimum atomic E-state index is 0.513. The van der Waals surface area contributed by atoms with E-state index in [-0.39, 0.29) is 0 Å². The SMILES string of the molecule is CCCc1nc(N)cc(NC(CC)C2CCCCC2)n1. The van der Waals surface area contributed by atoms with Crippen molar-refractivity contribution in [3.05, 3.63) is 11.9 Å². The molecule has 20 heavy (non-hydrogen) atoms. The first kappa shape index (κ1) is 15.1. The zero-order chi connectivity index (χ0) is 14.4. The van der Waals surface area contributed by atoms with Gasteiger partial charge in [-0.25, -0.2) is 9.97 Å². The van der Waals surface area contributed by atoms with E-state index >= 15 is 0 Å². The number of nitrogen functional groups attached to an aromatic ring is 1. The lowest BCUT2D eigenvalue weighted by atomic mass is 9.83. The number of aryl methyl sites for hydroxylation is 1. The Balaban J connectivity index is 2.06. The number of hydrogen-bond donors (Lipinski definition) is 2. The van der Waals surface area contributed by atoms with E-state index in [1.165, 1.54) is 32.1 Å². The highest BCUT2D eigenvalue weighted by Gasteiger charge is 2.22. The molecule has 1 aliphatic carbocycles. The summed E-state index contributed by atoms with van der Waals surface area (Å²) in [6.45, 7) is 4.39. The summed E-state index contributed by atoms with van der Waals surface area (Å²) in [5.74, 6) is 3.11. The monoisotopic (exact) mass is 276 g/mol. The number of aromatic nitrogens is 2. The van der Waals surface area contributed by atoms with Crippen LogP contribution in [-0.2, 0) is 6.42 Å². The van der Waals surface area contributed by atoms with Crippen molar-refractivity contribution in [3.63, 3.8) is 0 Å². The van der Waals surface area contributed by atoms with E-state index in [1.54, 1.807) is 0 Å². The minimum Gasteiger partial charge on any atom is -0.384 e. The third kappa shape index (κ3) is 4.09. The highest BCUT2D eigenvalue weighted by molar-refractivity contribution is 5.45. The number of rotatable bonds is 6. The third-order valence-corrected chi connectivity index (χ3v) is 4.26. The van der Waals surface area contributed by atoms with E-state index in [2.05, 4.69) is 29.1 Å². The summed E-state index contributed by atoms with van der Waals surface area (Å²) in [6.07, 6.45) is 9.89. The first-order valence-corrected chi connectivity index (χ1v) is 8.12. The van der Waals surface area contributed by atoms with Gasteiger partial charge in [0.05, 0.1) is 0 Å². The van der Waals surface area contributed by atoms with Crippen molar-refractivity contribution >= 4 is 11.6 Å². The van der Waals surface area contributed by atoms with E-state index in [0.29, 0.717) is 11.9 Å². The van der Waals surface area contributed by atoms with Gasteiger partial charge in [-0.15, -0.1) is 0 Å². The Bertz CT molecular complexity index is 413. The summed E-state index contributed by atoms with van der Waals surface area (Å²) in [4.78, 5) is 8.90. The lowest BCUT2D eigenvalue weighted by molar-refractivity contribution is 0.312. The number of nitrogens with zero attached hydrogens (tertiary/aromatic N) is 2. The molecule has 1 atom stereocenters. The maximum atomic E-state index is 5.89. The molecule has 0 amide bonds. The standard InChI is InChI=1S/C16H28N4/c1-3-8-15-19-14(17)11-16(20-15)18-13(4-2)12-9-6-5-7-10-12/h11-13H,3-10H2,1-2H3,(H3,17,18,19,20). The first-order chi connectivity index (χ1) is 9.72. The molecule has 3 N–H and O–H groups in total. The summed E-state index contributed by atoms with van der Waals surface area (Å²) < 4.78 is 0. The van der Waals surface area contributed by atoms with Gasteiger partial charge in [0.25, 0.3) is 0 Å². The third-order valence-electron chi connectivity index (χ3n) is 4.26. The van der Waals surface area contributed by atoms with Crippen LogP contribution in [0, 0.1) is 5.92 Å². The van der Waals surface area contributed by atoms with E-state index in [0.717, 1.165) is 36.8 Å². The average Bonchev–Trinajstić information content (AvgIpc) is 2.45. The van der Waals surface area contributed by atoms with Crippen LogP contribution in [0.4, 0.5) is 11.6 Å². The molecule has 1 aromatic heterocycles. The van der Waals surface area contributed by atoms with Crippen molar-refractivity contribution in [3.8, 4) is 0 Å². The second-order valence-corrected chi connectivity index (χ2v) is 5.90. The van der Waals surface area contributed by atoms with Crippen LogP contribution in [0.3, 0.4) is 0 Å². The summed E-state index contributed by atoms with van der Waals surface area (Å²) in [6, 6.07) is 2.38. The second-order valence-electron chi connectivity index (χ2n) is 5.90. The number of nitrogens with one attached hydrogen (secondary N) is 1. The summed E-state index contributed by atoms with van der Waals surface area (Å²) in [5.41, 5.74) is 5.89. The molecule has 1 fully saturated rings. The van der Waals surface area contributed by atoms with Gasteiger partial charge in [-0.2, -0.15) is 0 Å². The van der Waals surface area contributed by atoms with Crippen molar-refractivity contribution in [2.45, 2.75) is 71.3 Å². The van der Waals surface area contributed by atoms with Crippen LogP contribution in [0.1, 0.15) is 64.6 Å². The smallest absolute Gasteiger partial charge is 0.133 e. The van der Waals surface area contributed by atoms with Crippen LogP contribution in [0.2, 0.25) is 0 Å². The van der Waals surface area contributed by atoms with Crippen molar-refractivity contribution < 1.29 is 0 Å². The lowest BCUT2D eigenvalue weighted by Crippen LogP contribution is -2.30. The van der Waals surface area contributed by atoms with Gasteiger partial charge in [0.15, 0.2) is 0 Å². The maximum Gasteiger partial charge on any atom is 0.133 e. The molecule has 1 saturated carbocycles. The van der Waals surface area contributed by atoms with E-state index in [9.17, 15) is 0 Å². The Morgan fingerprint density at radius 2 is 2.00 bits per heavy atom. The average molecular weight is 276 g/mol. The molecule has 1 heterocycles. The molecule has 2 rings (SSSR count). The fraction of sp³-hybridized carbons (Fsp3) is 0.750. The van der Waals surface area contributed by atoms with Crippen molar-refractivity contribution in [2.24, 2.45) is 5.92 Å². The number of hydrogen-bond acceptors (Lipinski definition) is 4. The van der Waals surface area contributed by atoms with Crippen LogP contribution in [0.15, 0.2) is 6.07 Å². The summed E-state index contributed by atoms with van der Waals surface area (Å²) >= 11 is 0. The highest BCUT2D eigenvalue weighted by Crippen LogP contribution is 2.29. The molecule has 1 unspecified atom stereocenters. The van der Waals surface area contributed by atoms with Crippen LogP contribution >= 0.6 is 0 Å². The topological polar surface area (TPSA) is 63.8 Å². The molecule has 0 radical (unpaired) electrons. The molecular formula is C16H28N4. The van der Waals surface area contributed by atoms with Gasteiger partial charge in [0.1, 0.15) is 17.5 Å². The fourth-order valence-corrected chi connectivity index (χ4v) is 3.21. The fourth-order valence-electron chi connectivity index (χ4n) is 3.21. The molecule has 4 heteroatoms. The molecule has 0 bridgehead atoms. The van der Waals surface area contributed by atoms with Gasteiger partial charge in [-0.1, -0.05) is 33.1 Å². The molecule has 4 nitrogen and oxygen atoms in total. The van der Waals surface area contributed by atoms with E-state index < -0.39 is 0 Å². The van der Waals surface area contributed by atoms with Crippen molar-refractivity contribution in [2.75, 3.05) is 11.1 Å². The highest BCUT2D eigenvalue weighted by atomic mass is 15.1. The minimum absolute atomic E-state index is 0.513. The number of nitrogens with two attached hydrogens (primary N) is 1. The van der Waals surface area contributed by atoms with Crippen molar-refractivity contribution in [1.82, 2.24) is 9.97 Å². The molecule has 112 valence electrons. The first-order valence-electron chi connectivity index (χ1n) is 8.12. The predicted molar refractivity (Wildman–Crippen MR) is 84.7 cm³/mol. The second kappa shape index (κ2) is 7.46. The largest absolute Gasteiger partial charge is 0.384 e. The molecule has 0 aliphatic heterocycles. The Kier molecular flexibility index (Phi) is 5.62. The Morgan fingerprint density at radius 3 is 2.65 bits per heavy atom. The van der Waals surface area contributed by atoms with Gasteiger partial charge < -0.3 is 11.1 Å². The van der Waals surface area contributed by atoms with Crippen LogP contribution < -0.4 is 11.1 Å². The van der Waals surface area contributed by atoms with Gasteiger partial charge in [-0.05, 0) is 31.6 Å². The Hall–Kier alpha value is -1.32. The number of anilines is 2. The van der Waals surface area contributed by atoms with Gasteiger partial charge in [0, 0.05) is 18.5 Å². The van der Waals surface area contributed by atoms with E-state index in [1.807, 2.05) is 6.07 Å². The summed E-state index contributed by atoms with van der Waals surface area (Å²) in [7, 11) is 0. The van der Waals surface area contributed by atoms with Crippen LogP contribution in [0.25, 0.3) is 0 Å². The molecule has 0 saturated heterocycles. The molecule has 0 spiro atoms. The van der Waals surface area contributed by atoms with Gasteiger partial charge >= 0.3 is 0 Å². The van der Waals surface area contributed by atoms with Crippen LogP contribution in [0.5, 0.6) is 0 Å². The lowest BCUT2D eigenvalue weighted by Gasteiger charge is -2.30. The zero-order valence-electron chi connectivity index (χ0n) is 12.9. The predicted octanol–water partition coefficient (Wildman–Crippen LogP) is 3.78. The van der Waals surface area contributed by atoms with Crippen molar-refractivity contribution in [1.29, 1.82) is 0 Å². The van der Waals surface area contributed by atoms with Crippen LogP contribution in [-0.4, -0.2) is 16.0 Å². The normalized spacial score (nSPS) is 17.9. The maximum absolute atomic E-state index is 5.89. The molecular weight excluding hydrogens is 248 g/mol. The molecule has 1 aromatic rings.